The summed E-state index contributed by atoms with van der Waals surface area (Å²) in [4.78, 5) is 8.64. The van der Waals surface area contributed by atoms with E-state index in [9.17, 15) is 8.60 Å². The Morgan fingerprint density at radius 1 is 1.28 bits per heavy atom. The van der Waals surface area contributed by atoms with E-state index in [0.29, 0.717) is 34.9 Å². The monoisotopic (exact) mass is 418 g/mol. The van der Waals surface area contributed by atoms with Gasteiger partial charge in [0.05, 0.1) is 17.8 Å². The molecule has 1 heterocycles. The zero-order chi connectivity index (χ0) is 21.0. The van der Waals surface area contributed by atoms with Gasteiger partial charge >= 0.3 is 0 Å². The lowest BCUT2D eigenvalue weighted by Gasteiger charge is -2.16. The van der Waals surface area contributed by atoms with Crippen molar-refractivity contribution in [2.75, 3.05) is 29.5 Å². The quantitative estimate of drug-likeness (QED) is 0.384. The molecule has 0 saturated heterocycles. The fraction of sp³-hybridized carbons (Fsp3) is 0.250. The highest BCUT2D eigenvalue weighted by Gasteiger charge is 2.13. The lowest BCUT2D eigenvalue weighted by Crippen LogP contribution is -2.09. The number of ether oxygens (including phenoxy) is 1. The second-order valence-corrected chi connectivity index (χ2v) is 8.92. The highest BCUT2D eigenvalue weighted by atomic mass is 32.2. The summed E-state index contributed by atoms with van der Waals surface area (Å²) in [6.07, 6.45) is 3.37. The Kier molecular flexibility index (Phi) is 6.19. The first-order valence-electron chi connectivity index (χ1n) is 8.92. The summed E-state index contributed by atoms with van der Waals surface area (Å²) < 4.78 is 34.1. The van der Waals surface area contributed by atoms with Gasteiger partial charge in [-0.2, -0.15) is 0 Å². The summed E-state index contributed by atoms with van der Waals surface area (Å²) in [5, 5.41) is 12.9. The van der Waals surface area contributed by atoms with E-state index in [1.165, 1.54) is 24.7 Å². The molecule has 1 atom stereocenters. The Morgan fingerprint density at radius 3 is 2.79 bits per heavy atom. The van der Waals surface area contributed by atoms with Crippen LogP contribution in [0.2, 0.25) is 0 Å². The largest absolute Gasteiger partial charge is 0.491 e. The topological polar surface area (TPSA) is 96.4 Å². The third kappa shape index (κ3) is 5.33. The van der Waals surface area contributed by atoms with E-state index in [0.717, 1.165) is 10.9 Å². The van der Waals surface area contributed by atoms with E-state index in [-0.39, 0.29) is 13.2 Å². The maximum absolute atomic E-state index is 13.7. The molecule has 0 aliphatic carbocycles. The predicted molar refractivity (Wildman–Crippen MR) is 116 cm³/mol. The van der Waals surface area contributed by atoms with Gasteiger partial charge in [0.15, 0.2) is 0 Å². The standard InChI is InChI=1S/C20H23FN4O3S/c1-13-9-15(25-29(2,3)27)11-17-19(13)20(23-12-22-17)24-16-6-5-14(21)10-18(16)28-8-4-7-26/h5-6,9-12,26H,2,4,7-8H2,1,3H3,(H,25,27)(H,22,23,24). The second kappa shape index (κ2) is 8.62. The molecule has 3 N–H and O–H groups in total. The highest BCUT2D eigenvalue weighted by Crippen LogP contribution is 2.33. The van der Waals surface area contributed by atoms with Crippen molar-refractivity contribution in [1.82, 2.24) is 9.97 Å². The van der Waals surface area contributed by atoms with Crippen LogP contribution in [0.1, 0.15) is 12.0 Å². The van der Waals surface area contributed by atoms with Crippen LogP contribution in [0.15, 0.2) is 36.7 Å². The van der Waals surface area contributed by atoms with Gasteiger partial charge in [0.1, 0.15) is 23.7 Å². The molecule has 1 aromatic heterocycles. The van der Waals surface area contributed by atoms with Crippen LogP contribution >= 0.6 is 0 Å². The third-order valence-electron chi connectivity index (χ3n) is 4.03. The zero-order valence-corrected chi connectivity index (χ0v) is 17.1. The SMILES string of the molecule is C=S(C)(=O)Nc1cc(C)c2c(Nc3ccc(F)cc3OCCCO)ncnc2c1. The van der Waals surface area contributed by atoms with Crippen LogP contribution in [0, 0.1) is 12.7 Å². The molecule has 0 amide bonds. The molecule has 0 radical (unpaired) electrons. The minimum atomic E-state index is -2.42. The minimum Gasteiger partial charge on any atom is -0.491 e. The van der Waals surface area contributed by atoms with Crippen molar-refractivity contribution in [3.8, 4) is 5.75 Å². The highest BCUT2D eigenvalue weighted by molar-refractivity contribution is 8.00. The van der Waals surface area contributed by atoms with Crippen LogP contribution in [-0.4, -0.2) is 44.6 Å². The average Bonchev–Trinajstić information content (AvgIpc) is 2.62. The van der Waals surface area contributed by atoms with Gasteiger partial charge in [-0.15, -0.1) is 0 Å². The number of aliphatic hydroxyl groups excluding tert-OH is 1. The summed E-state index contributed by atoms with van der Waals surface area (Å²) in [7, 11) is -2.42. The van der Waals surface area contributed by atoms with Crippen molar-refractivity contribution in [1.29, 1.82) is 0 Å². The Hall–Kier alpha value is -2.91. The number of halogens is 1. The molecule has 3 rings (SSSR count). The normalized spacial score (nSPS) is 13.1. The van der Waals surface area contributed by atoms with Gasteiger partial charge in [0.2, 0.25) is 0 Å². The molecular formula is C20H23FN4O3S. The predicted octanol–water partition coefficient (Wildman–Crippen LogP) is 3.26. The fourth-order valence-electron chi connectivity index (χ4n) is 2.89. The number of aryl methyl sites for hydroxylation is 1. The number of aromatic nitrogens is 2. The fourth-order valence-corrected chi connectivity index (χ4v) is 3.50. The van der Waals surface area contributed by atoms with Gasteiger partial charge in [0, 0.05) is 46.1 Å². The molecule has 0 aliphatic rings. The number of anilines is 3. The summed E-state index contributed by atoms with van der Waals surface area (Å²) >= 11 is 0. The van der Waals surface area contributed by atoms with E-state index in [4.69, 9.17) is 9.84 Å². The number of rotatable bonds is 8. The molecule has 0 fully saturated rings. The van der Waals surface area contributed by atoms with Crippen molar-refractivity contribution in [2.45, 2.75) is 13.3 Å². The lowest BCUT2D eigenvalue weighted by atomic mass is 10.1. The lowest BCUT2D eigenvalue weighted by molar-refractivity contribution is 0.234. The molecule has 29 heavy (non-hydrogen) atoms. The molecule has 3 aromatic rings. The van der Waals surface area contributed by atoms with Crippen LogP contribution in [0.3, 0.4) is 0 Å². The first kappa shape index (κ1) is 20.8. The number of hydrogen-bond acceptors (Lipinski definition) is 6. The second-order valence-electron chi connectivity index (χ2n) is 6.71. The minimum absolute atomic E-state index is 0.0123. The first-order valence-corrected chi connectivity index (χ1v) is 11.1. The molecule has 154 valence electrons. The Morgan fingerprint density at radius 2 is 2.07 bits per heavy atom. The molecule has 7 nitrogen and oxygen atoms in total. The van der Waals surface area contributed by atoms with Crippen molar-refractivity contribution >= 4 is 43.7 Å². The maximum Gasteiger partial charge on any atom is 0.145 e. The van der Waals surface area contributed by atoms with Gasteiger partial charge in [-0.1, -0.05) is 0 Å². The van der Waals surface area contributed by atoms with E-state index in [1.54, 1.807) is 12.1 Å². The number of fused-ring (bicyclic) bond motifs is 1. The van der Waals surface area contributed by atoms with Gasteiger partial charge in [0.25, 0.3) is 0 Å². The molecule has 1 unspecified atom stereocenters. The van der Waals surface area contributed by atoms with E-state index >= 15 is 0 Å². The van der Waals surface area contributed by atoms with E-state index < -0.39 is 15.5 Å². The van der Waals surface area contributed by atoms with E-state index in [1.807, 2.05) is 13.0 Å². The van der Waals surface area contributed by atoms with Gasteiger partial charge in [-0.25, -0.2) is 18.6 Å². The van der Waals surface area contributed by atoms with E-state index in [2.05, 4.69) is 25.9 Å². The Labute approximate surface area is 169 Å². The van der Waals surface area contributed by atoms with Crippen molar-refractivity contribution in [3.63, 3.8) is 0 Å². The van der Waals surface area contributed by atoms with Crippen molar-refractivity contribution < 1.29 is 18.4 Å². The average molecular weight is 418 g/mol. The van der Waals surface area contributed by atoms with Crippen LogP contribution in [0.4, 0.5) is 21.6 Å². The zero-order valence-electron chi connectivity index (χ0n) is 16.2. The van der Waals surface area contributed by atoms with Crippen LogP contribution < -0.4 is 14.8 Å². The van der Waals surface area contributed by atoms with Crippen LogP contribution in [0.25, 0.3) is 10.9 Å². The van der Waals surface area contributed by atoms with Crippen LogP contribution in [0.5, 0.6) is 5.75 Å². The third-order valence-corrected chi connectivity index (χ3v) is 4.69. The van der Waals surface area contributed by atoms with Gasteiger partial charge in [-0.05, 0) is 42.6 Å². The summed E-state index contributed by atoms with van der Waals surface area (Å²) in [6.45, 7) is 2.14. The molecule has 0 aliphatic heterocycles. The van der Waals surface area contributed by atoms with Crippen molar-refractivity contribution in [2.24, 2.45) is 0 Å². The molecule has 0 bridgehead atoms. The Bertz CT molecular complexity index is 1140. The number of aliphatic hydroxyl groups is 1. The van der Waals surface area contributed by atoms with Crippen molar-refractivity contribution in [3.05, 3.63) is 48.0 Å². The number of hydrogen-bond donors (Lipinski definition) is 3. The molecule has 0 saturated carbocycles. The summed E-state index contributed by atoms with van der Waals surface area (Å²) in [6, 6.07) is 7.79. The number of nitrogens with zero attached hydrogens (tertiary/aromatic N) is 2. The summed E-state index contributed by atoms with van der Waals surface area (Å²) in [5.74, 6) is 4.04. The smallest absolute Gasteiger partial charge is 0.145 e. The summed E-state index contributed by atoms with van der Waals surface area (Å²) in [5.41, 5.74) is 2.71. The van der Waals surface area contributed by atoms with Crippen LogP contribution in [-0.2, 0) is 9.71 Å². The number of nitrogens with one attached hydrogen (secondary N) is 2. The first-order chi connectivity index (χ1) is 13.8. The van der Waals surface area contributed by atoms with Gasteiger partial charge in [-0.3, -0.25) is 0 Å². The molecule has 2 aromatic carbocycles. The van der Waals surface area contributed by atoms with Gasteiger partial charge < -0.3 is 19.9 Å². The molecule has 0 spiro atoms. The number of benzene rings is 2. The Balaban J connectivity index is 1.99. The maximum atomic E-state index is 13.7. The molecule has 9 heteroatoms. The molecular weight excluding hydrogens is 395 g/mol.